The number of hydrogen-bond donors (Lipinski definition) is 2. The standard InChI is InChI=1S/C20H13BrF2N2O5/c21-18-17(10-1-3-12-9(7-10)5-6-28-12)25-20(30-18)14(8-26)29-13-4-2-11(22)15(16(13)23)19(24)27/h1-7,14,26H,8H2,(H2,24,27). The molecule has 7 nitrogen and oxygen atoms in total. The number of nitrogens with zero attached hydrogens (tertiary/aromatic N) is 1. The first kappa shape index (κ1) is 20.0. The lowest BCUT2D eigenvalue weighted by molar-refractivity contribution is 0.0880. The van der Waals surface area contributed by atoms with E-state index in [-0.39, 0.29) is 10.6 Å². The molecule has 4 aromatic rings. The molecule has 0 spiro atoms. The van der Waals surface area contributed by atoms with Crippen LogP contribution in [0.3, 0.4) is 0 Å². The zero-order chi connectivity index (χ0) is 21.4. The molecule has 3 N–H and O–H groups in total. The van der Waals surface area contributed by atoms with Gasteiger partial charge in [0.05, 0.1) is 12.9 Å². The van der Waals surface area contributed by atoms with Crippen molar-refractivity contribution in [1.82, 2.24) is 4.98 Å². The Morgan fingerprint density at radius 3 is 2.80 bits per heavy atom. The normalized spacial score (nSPS) is 12.3. The van der Waals surface area contributed by atoms with E-state index in [0.29, 0.717) is 16.8 Å². The number of carbonyl (C=O) groups excluding carboxylic acids is 1. The van der Waals surface area contributed by atoms with Crippen LogP contribution in [-0.4, -0.2) is 22.6 Å². The lowest BCUT2D eigenvalue weighted by Gasteiger charge is -2.15. The number of aliphatic hydroxyl groups is 1. The van der Waals surface area contributed by atoms with Crippen LogP contribution in [0.5, 0.6) is 5.75 Å². The van der Waals surface area contributed by atoms with Crippen LogP contribution in [0, 0.1) is 11.6 Å². The van der Waals surface area contributed by atoms with E-state index in [4.69, 9.17) is 19.3 Å². The number of oxazole rings is 1. The number of furan rings is 1. The van der Waals surface area contributed by atoms with Crippen LogP contribution in [0.2, 0.25) is 0 Å². The van der Waals surface area contributed by atoms with Crippen molar-refractivity contribution in [3.05, 3.63) is 70.4 Å². The Morgan fingerprint density at radius 1 is 1.27 bits per heavy atom. The first-order valence-electron chi connectivity index (χ1n) is 8.58. The van der Waals surface area contributed by atoms with Crippen molar-refractivity contribution in [3.63, 3.8) is 0 Å². The van der Waals surface area contributed by atoms with E-state index in [1.807, 2.05) is 6.07 Å². The summed E-state index contributed by atoms with van der Waals surface area (Å²) in [6.07, 6.45) is 0.332. The van der Waals surface area contributed by atoms with Gasteiger partial charge in [0.2, 0.25) is 5.89 Å². The van der Waals surface area contributed by atoms with Gasteiger partial charge < -0.3 is 24.4 Å². The Labute approximate surface area is 176 Å². The molecule has 2 heterocycles. The molecule has 0 bridgehead atoms. The number of rotatable bonds is 6. The van der Waals surface area contributed by atoms with Gasteiger partial charge in [0.25, 0.3) is 5.91 Å². The number of halogens is 3. The van der Waals surface area contributed by atoms with E-state index in [1.54, 1.807) is 24.5 Å². The Hall–Kier alpha value is -3.24. The summed E-state index contributed by atoms with van der Waals surface area (Å²) in [7, 11) is 0. The number of nitrogens with two attached hydrogens (primary N) is 1. The molecule has 0 radical (unpaired) electrons. The van der Waals surface area contributed by atoms with E-state index >= 15 is 0 Å². The quantitative estimate of drug-likeness (QED) is 0.426. The highest BCUT2D eigenvalue weighted by Crippen LogP contribution is 2.34. The molecule has 30 heavy (non-hydrogen) atoms. The van der Waals surface area contributed by atoms with Crippen LogP contribution >= 0.6 is 15.9 Å². The Kier molecular flexibility index (Phi) is 5.27. The first-order chi connectivity index (χ1) is 14.4. The first-order valence-corrected chi connectivity index (χ1v) is 9.37. The topological polar surface area (TPSA) is 112 Å². The van der Waals surface area contributed by atoms with Gasteiger partial charge in [-0.05, 0) is 52.3 Å². The summed E-state index contributed by atoms with van der Waals surface area (Å²) in [5.74, 6) is -4.23. The molecule has 2 aromatic carbocycles. The Balaban J connectivity index is 1.67. The van der Waals surface area contributed by atoms with Gasteiger partial charge in [0, 0.05) is 10.9 Å². The minimum atomic E-state index is -1.29. The van der Waals surface area contributed by atoms with Crippen molar-refractivity contribution < 1.29 is 32.3 Å². The smallest absolute Gasteiger partial charge is 0.254 e. The van der Waals surface area contributed by atoms with E-state index < -0.39 is 41.6 Å². The number of benzene rings is 2. The van der Waals surface area contributed by atoms with Crippen LogP contribution in [0.4, 0.5) is 8.78 Å². The molecule has 2 aromatic heterocycles. The largest absolute Gasteiger partial charge is 0.475 e. The number of carbonyl (C=O) groups is 1. The molecule has 10 heteroatoms. The lowest BCUT2D eigenvalue weighted by atomic mass is 10.1. The van der Waals surface area contributed by atoms with Crippen molar-refractivity contribution in [2.75, 3.05) is 6.61 Å². The van der Waals surface area contributed by atoms with Crippen LogP contribution in [0.15, 0.2) is 56.2 Å². The fraction of sp³-hybridized carbons (Fsp3) is 0.100. The van der Waals surface area contributed by atoms with Crippen LogP contribution in [0.1, 0.15) is 22.4 Å². The highest BCUT2D eigenvalue weighted by atomic mass is 79.9. The van der Waals surface area contributed by atoms with Gasteiger partial charge in [0.1, 0.15) is 22.7 Å². The van der Waals surface area contributed by atoms with Crippen LogP contribution in [0.25, 0.3) is 22.2 Å². The number of amides is 1. The summed E-state index contributed by atoms with van der Waals surface area (Å²) in [6.45, 7) is -0.629. The minimum absolute atomic E-state index is 0.0592. The number of fused-ring (bicyclic) bond motifs is 1. The fourth-order valence-electron chi connectivity index (χ4n) is 2.92. The second kappa shape index (κ2) is 7.88. The average molecular weight is 479 g/mol. The van der Waals surface area contributed by atoms with Gasteiger partial charge in [-0.25, -0.2) is 13.8 Å². The van der Waals surface area contributed by atoms with Crippen molar-refractivity contribution in [2.24, 2.45) is 5.73 Å². The molecule has 1 unspecified atom stereocenters. The van der Waals surface area contributed by atoms with Crippen LogP contribution in [-0.2, 0) is 0 Å². The number of primary amides is 1. The molecule has 0 saturated heterocycles. The Morgan fingerprint density at radius 2 is 2.07 bits per heavy atom. The summed E-state index contributed by atoms with van der Waals surface area (Å²) in [6, 6.07) is 8.98. The summed E-state index contributed by atoms with van der Waals surface area (Å²) >= 11 is 3.27. The van der Waals surface area contributed by atoms with Crippen LogP contribution < -0.4 is 10.5 Å². The van der Waals surface area contributed by atoms with Gasteiger partial charge in [-0.15, -0.1) is 0 Å². The molecular formula is C20H13BrF2N2O5. The van der Waals surface area contributed by atoms with Crippen molar-refractivity contribution in [1.29, 1.82) is 0 Å². The zero-order valence-electron chi connectivity index (χ0n) is 15.1. The van der Waals surface area contributed by atoms with Crippen molar-refractivity contribution in [3.8, 4) is 17.0 Å². The third-order valence-electron chi connectivity index (χ3n) is 4.34. The number of aromatic nitrogens is 1. The lowest BCUT2D eigenvalue weighted by Crippen LogP contribution is -2.18. The van der Waals surface area contributed by atoms with Gasteiger partial charge in [-0.2, -0.15) is 0 Å². The molecule has 0 aliphatic rings. The number of aliphatic hydroxyl groups excluding tert-OH is 1. The molecule has 154 valence electrons. The third-order valence-corrected chi connectivity index (χ3v) is 4.88. The number of ether oxygens (including phenoxy) is 1. The van der Waals surface area contributed by atoms with Gasteiger partial charge in [-0.3, -0.25) is 4.79 Å². The maximum absolute atomic E-state index is 14.4. The highest BCUT2D eigenvalue weighted by molar-refractivity contribution is 9.10. The van der Waals surface area contributed by atoms with Gasteiger partial charge in [-0.1, -0.05) is 0 Å². The molecule has 0 fully saturated rings. The summed E-state index contributed by atoms with van der Waals surface area (Å²) in [5.41, 5.74) is 5.90. The second-order valence-electron chi connectivity index (χ2n) is 6.24. The summed E-state index contributed by atoms with van der Waals surface area (Å²) in [4.78, 5) is 15.6. The van der Waals surface area contributed by atoms with E-state index in [1.165, 1.54) is 0 Å². The predicted molar refractivity (Wildman–Crippen MR) is 105 cm³/mol. The predicted octanol–water partition coefficient (Wildman–Crippen LogP) is 4.34. The molecule has 0 aliphatic carbocycles. The second-order valence-corrected chi connectivity index (χ2v) is 6.96. The maximum Gasteiger partial charge on any atom is 0.254 e. The van der Waals surface area contributed by atoms with Gasteiger partial charge >= 0.3 is 0 Å². The average Bonchev–Trinajstić information content (AvgIpc) is 3.33. The van der Waals surface area contributed by atoms with Crippen molar-refractivity contribution >= 4 is 32.8 Å². The maximum atomic E-state index is 14.4. The molecule has 1 amide bonds. The van der Waals surface area contributed by atoms with E-state index in [0.717, 1.165) is 17.5 Å². The molecule has 0 aliphatic heterocycles. The molecule has 4 rings (SSSR count). The fourth-order valence-corrected chi connectivity index (χ4v) is 3.40. The SMILES string of the molecule is NC(=O)c1c(F)ccc(OC(CO)c2nc(-c3ccc4occc4c3)c(Br)o2)c1F. The minimum Gasteiger partial charge on any atom is -0.475 e. The van der Waals surface area contributed by atoms with Gasteiger partial charge in [0.15, 0.2) is 22.3 Å². The van der Waals surface area contributed by atoms with E-state index in [2.05, 4.69) is 20.9 Å². The Bertz CT molecular complexity index is 1250. The number of hydrogen-bond acceptors (Lipinski definition) is 6. The summed E-state index contributed by atoms with van der Waals surface area (Å²) in [5, 5.41) is 10.6. The zero-order valence-corrected chi connectivity index (χ0v) is 16.7. The molecule has 0 saturated carbocycles. The molecular weight excluding hydrogens is 466 g/mol. The monoisotopic (exact) mass is 478 g/mol. The van der Waals surface area contributed by atoms with E-state index in [9.17, 15) is 18.7 Å². The molecule has 1 atom stereocenters. The summed E-state index contributed by atoms with van der Waals surface area (Å²) < 4.78 is 44.6. The van der Waals surface area contributed by atoms with Crippen molar-refractivity contribution in [2.45, 2.75) is 6.10 Å². The highest BCUT2D eigenvalue weighted by Gasteiger charge is 2.26. The third kappa shape index (κ3) is 3.55.